The number of hydrogen-bond donors (Lipinski definition) is 1. The highest BCUT2D eigenvalue weighted by Crippen LogP contribution is 1.97. The summed E-state index contributed by atoms with van der Waals surface area (Å²) in [6.07, 6.45) is 0. The predicted octanol–water partition coefficient (Wildman–Crippen LogP) is -0.0480. The van der Waals surface area contributed by atoms with Crippen LogP contribution in [0.1, 0.15) is 11.7 Å². The molecular formula is C8H15N3O3. The summed E-state index contributed by atoms with van der Waals surface area (Å²) in [6.45, 7) is 2.36. The molecule has 1 aromatic rings. The molecule has 0 aliphatic carbocycles. The van der Waals surface area contributed by atoms with E-state index in [2.05, 4.69) is 15.5 Å². The average molecular weight is 201 g/mol. The lowest BCUT2D eigenvalue weighted by Gasteiger charge is -1.98. The van der Waals surface area contributed by atoms with E-state index in [1.54, 1.807) is 14.2 Å². The predicted molar refractivity (Wildman–Crippen MR) is 48.6 cm³/mol. The highest BCUT2D eigenvalue weighted by Gasteiger charge is 2.04. The molecule has 0 saturated heterocycles. The van der Waals surface area contributed by atoms with E-state index in [1.165, 1.54) is 0 Å². The van der Waals surface area contributed by atoms with Gasteiger partial charge in [-0.05, 0) is 0 Å². The van der Waals surface area contributed by atoms with Crippen molar-refractivity contribution in [2.45, 2.75) is 13.2 Å². The highest BCUT2D eigenvalue weighted by molar-refractivity contribution is 4.83. The molecule has 0 unspecified atom stereocenters. The van der Waals surface area contributed by atoms with E-state index >= 15 is 0 Å². The zero-order valence-electron chi connectivity index (χ0n) is 8.45. The zero-order valence-corrected chi connectivity index (χ0v) is 8.45. The Labute approximate surface area is 82.6 Å². The van der Waals surface area contributed by atoms with Gasteiger partial charge in [-0.1, -0.05) is 5.16 Å². The van der Waals surface area contributed by atoms with Gasteiger partial charge in [0.15, 0.2) is 5.82 Å². The summed E-state index contributed by atoms with van der Waals surface area (Å²) in [6, 6.07) is 0. The van der Waals surface area contributed by atoms with E-state index in [9.17, 15) is 0 Å². The molecule has 6 heteroatoms. The molecule has 80 valence electrons. The standard InChI is InChI=1S/C8H15N3O3/c1-12-4-3-9-5-8-10-7(6-13-2)11-14-8/h9H,3-6H2,1-2H3. The van der Waals surface area contributed by atoms with Crippen molar-refractivity contribution in [3.05, 3.63) is 11.7 Å². The van der Waals surface area contributed by atoms with E-state index in [0.717, 1.165) is 6.54 Å². The topological polar surface area (TPSA) is 69.4 Å². The van der Waals surface area contributed by atoms with Crippen LogP contribution in [0.2, 0.25) is 0 Å². The number of nitrogens with zero attached hydrogens (tertiary/aromatic N) is 2. The molecule has 0 atom stereocenters. The third-order valence-corrected chi connectivity index (χ3v) is 1.54. The summed E-state index contributed by atoms with van der Waals surface area (Å²) in [5.41, 5.74) is 0. The number of methoxy groups -OCH3 is 2. The third kappa shape index (κ3) is 3.82. The van der Waals surface area contributed by atoms with Gasteiger partial charge in [-0.25, -0.2) is 0 Å². The highest BCUT2D eigenvalue weighted by atomic mass is 16.5. The summed E-state index contributed by atoms with van der Waals surface area (Å²) in [7, 11) is 3.25. The van der Waals surface area contributed by atoms with Gasteiger partial charge in [0.05, 0.1) is 13.2 Å². The van der Waals surface area contributed by atoms with Crippen LogP contribution >= 0.6 is 0 Å². The van der Waals surface area contributed by atoms with Crippen molar-refractivity contribution in [3.63, 3.8) is 0 Å². The van der Waals surface area contributed by atoms with Gasteiger partial charge in [0.25, 0.3) is 0 Å². The van der Waals surface area contributed by atoms with Crippen molar-refractivity contribution in [1.29, 1.82) is 0 Å². The van der Waals surface area contributed by atoms with Crippen LogP contribution in [-0.2, 0) is 22.6 Å². The Morgan fingerprint density at radius 2 is 2.21 bits per heavy atom. The Kier molecular flexibility index (Phi) is 5.13. The fourth-order valence-electron chi connectivity index (χ4n) is 0.919. The second kappa shape index (κ2) is 6.47. The zero-order chi connectivity index (χ0) is 10.2. The first-order valence-corrected chi connectivity index (χ1v) is 4.37. The first-order chi connectivity index (χ1) is 6.86. The van der Waals surface area contributed by atoms with Crippen LogP contribution in [0.5, 0.6) is 0 Å². The fraction of sp³-hybridized carbons (Fsp3) is 0.750. The molecule has 0 aromatic carbocycles. The van der Waals surface area contributed by atoms with Crippen LogP contribution in [0.4, 0.5) is 0 Å². The number of ether oxygens (including phenoxy) is 2. The van der Waals surface area contributed by atoms with Crippen molar-refractivity contribution in [2.75, 3.05) is 27.4 Å². The van der Waals surface area contributed by atoms with Gasteiger partial charge in [0, 0.05) is 20.8 Å². The summed E-state index contributed by atoms with van der Waals surface area (Å²) >= 11 is 0. The average Bonchev–Trinajstić information content (AvgIpc) is 2.61. The van der Waals surface area contributed by atoms with Crippen molar-refractivity contribution in [1.82, 2.24) is 15.5 Å². The van der Waals surface area contributed by atoms with Crippen LogP contribution in [0.15, 0.2) is 4.52 Å². The van der Waals surface area contributed by atoms with Crippen molar-refractivity contribution >= 4 is 0 Å². The van der Waals surface area contributed by atoms with Gasteiger partial charge in [0.2, 0.25) is 5.89 Å². The Morgan fingerprint density at radius 3 is 2.93 bits per heavy atom. The lowest BCUT2D eigenvalue weighted by molar-refractivity contribution is 0.174. The van der Waals surface area contributed by atoms with Gasteiger partial charge >= 0.3 is 0 Å². The van der Waals surface area contributed by atoms with Crippen molar-refractivity contribution in [2.24, 2.45) is 0 Å². The Bertz CT molecular complexity index is 252. The monoisotopic (exact) mass is 201 g/mol. The molecule has 0 amide bonds. The quantitative estimate of drug-likeness (QED) is 0.624. The number of nitrogens with one attached hydrogen (secondary N) is 1. The lowest BCUT2D eigenvalue weighted by atomic mass is 10.5. The number of hydrogen-bond acceptors (Lipinski definition) is 6. The lowest BCUT2D eigenvalue weighted by Crippen LogP contribution is -2.18. The van der Waals surface area contributed by atoms with Crippen LogP contribution in [0.3, 0.4) is 0 Å². The number of rotatable bonds is 7. The largest absolute Gasteiger partial charge is 0.383 e. The molecule has 0 fully saturated rings. The first kappa shape index (κ1) is 11.1. The molecule has 0 radical (unpaired) electrons. The first-order valence-electron chi connectivity index (χ1n) is 4.37. The molecule has 6 nitrogen and oxygen atoms in total. The molecule has 14 heavy (non-hydrogen) atoms. The van der Waals surface area contributed by atoms with Crippen LogP contribution < -0.4 is 5.32 Å². The van der Waals surface area contributed by atoms with Gasteiger partial charge in [-0.15, -0.1) is 0 Å². The molecule has 0 bridgehead atoms. The van der Waals surface area contributed by atoms with Gasteiger partial charge < -0.3 is 19.3 Å². The van der Waals surface area contributed by atoms with E-state index < -0.39 is 0 Å². The summed E-state index contributed by atoms with van der Waals surface area (Å²) in [5.74, 6) is 1.13. The van der Waals surface area contributed by atoms with Gasteiger partial charge in [0.1, 0.15) is 6.61 Å². The normalized spacial score (nSPS) is 10.7. The number of aromatic nitrogens is 2. The fourth-order valence-corrected chi connectivity index (χ4v) is 0.919. The molecule has 1 heterocycles. The molecule has 1 aromatic heterocycles. The molecule has 0 spiro atoms. The van der Waals surface area contributed by atoms with Gasteiger partial charge in [-0.2, -0.15) is 4.98 Å². The van der Waals surface area contributed by atoms with Crippen molar-refractivity contribution < 1.29 is 14.0 Å². The van der Waals surface area contributed by atoms with Crippen LogP contribution in [0, 0.1) is 0 Å². The van der Waals surface area contributed by atoms with E-state index in [4.69, 9.17) is 14.0 Å². The maximum atomic E-state index is 4.95. The summed E-state index contributed by atoms with van der Waals surface area (Å²) < 4.78 is 14.7. The molecule has 1 N–H and O–H groups in total. The Hall–Kier alpha value is -0.980. The summed E-state index contributed by atoms with van der Waals surface area (Å²) in [5, 5.41) is 6.82. The molecule has 0 aliphatic rings. The third-order valence-electron chi connectivity index (χ3n) is 1.54. The van der Waals surface area contributed by atoms with Crippen LogP contribution in [-0.4, -0.2) is 37.5 Å². The van der Waals surface area contributed by atoms with E-state index in [0.29, 0.717) is 31.5 Å². The smallest absolute Gasteiger partial charge is 0.240 e. The molecule has 0 aliphatic heterocycles. The van der Waals surface area contributed by atoms with E-state index in [1.807, 2.05) is 0 Å². The second-order valence-electron chi connectivity index (χ2n) is 2.71. The summed E-state index contributed by atoms with van der Waals surface area (Å²) in [4.78, 5) is 4.09. The molecule has 0 saturated carbocycles. The molecular weight excluding hydrogens is 186 g/mol. The Morgan fingerprint density at radius 1 is 1.36 bits per heavy atom. The Balaban J connectivity index is 2.22. The maximum absolute atomic E-state index is 4.95. The van der Waals surface area contributed by atoms with E-state index in [-0.39, 0.29) is 0 Å². The second-order valence-corrected chi connectivity index (χ2v) is 2.71. The minimum Gasteiger partial charge on any atom is -0.383 e. The minimum atomic E-state index is 0.377. The SMILES string of the molecule is COCCNCc1nc(COC)no1. The molecule has 1 rings (SSSR count). The van der Waals surface area contributed by atoms with Gasteiger partial charge in [-0.3, -0.25) is 0 Å². The minimum absolute atomic E-state index is 0.377. The maximum Gasteiger partial charge on any atom is 0.240 e. The van der Waals surface area contributed by atoms with Crippen LogP contribution in [0.25, 0.3) is 0 Å². The van der Waals surface area contributed by atoms with Crippen molar-refractivity contribution in [3.8, 4) is 0 Å².